The van der Waals surface area contributed by atoms with Crippen molar-refractivity contribution in [2.75, 3.05) is 26.9 Å². The Hall–Kier alpha value is -0.450. The number of hydrogen-bond acceptors (Lipinski definition) is 3. The maximum atomic E-state index is 11.5. The molecule has 80 valence electrons. The number of carbonyl (C=O) groups is 1. The summed E-state index contributed by atoms with van der Waals surface area (Å²) in [5.41, 5.74) is 0. The molecule has 0 radical (unpaired) electrons. The van der Waals surface area contributed by atoms with Gasteiger partial charge >= 0.3 is 5.91 Å². The normalized spacial score (nSPS) is 37.2. The minimum atomic E-state index is 0.310. The average molecular weight is 199 g/mol. The Morgan fingerprint density at radius 2 is 2.29 bits per heavy atom. The molecule has 4 heteroatoms. The molecular weight excluding hydrogens is 180 g/mol. The van der Waals surface area contributed by atoms with Gasteiger partial charge in [-0.3, -0.25) is 0 Å². The Kier molecular flexibility index (Phi) is 2.85. The molecule has 0 bridgehead atoms. The SMILES string of the molecule is COCNC1CCCCC[N+]12CC2=O. The van der Waals surface area contributed by atoms with Gasteiger partial charge in [0, 0.05) is 13.5 Å². The molecule has 2 saturated heterocycles. The maximum Gasteiger partial charge on any atom is 0.370 e. The van der Waals surface area contributed by atoms with Crippen LogP contribution in [0.3, 0.4) is 0 Å². The van der Waals surface area contributed by atoms with E-state index in [1.165, 1.54) is 19.3 Å². The zero-order valence-electron chi connectivity index (χ0n) is 8.79. The number of ether oxygens (including phenoxy) is 1. The smallest absolute Gasteiger partial charge is 0.369 e. The van der Waals surface area contributed by atoms with Gasteiger partial charge in [-0.05, 0) is 19.3 Å². The summed E-state index contributed by atoms with van der Waals surface area (Å²) in [6.45, 7) is 2.32. The molecule has 2 rings (SSSR count). The van der Waals surface area contributed by atoms with Gasteiger partial charge in [0.15, 0.2) is 6.17 Å². The third kappa shape index (κ3) is 1.69. The second kappa shape index (κ2) is 3.96. The van der Waals surface area contributed by atoms with E-state index in [-0.39, 0.29) is 0 Å². The van der Waals surface area contributed by atoms with Crippen LogP contribution in [-0.2, 0) is 9.53 Å². The van der Waals surface area contributed by atoms with Gasteiger partial charge in [-0.25, -0.2) is 14.6 Å². The van der Waals surface area contributed by atoms with Crippen LogP contribution >= 0.6 is 0 Å². The maximum absolute atomic E-state index is 11.5. The van der Waals surface area contributed by atoms with E-state index in [2.05, 4.69) is 5.32 Å². The Balaban J connectivity index is 1.99. The van der Waals surface area contributed by atoms with Crippen LogP contribution < -0.4 is 5.32 Å². The highest BCUT2D eigenvalue weighted by Gasteiger charge is 2.60. The van der Waals surface area contributed by atoms with E-state index in [1.54, 1.807) is 7.11 Å². The predicted octanol–water partition coefficient (Wildman–Crippen LogP) is 0.437. The molecular formula is C10H19N2O2+. The van der Waals surface area contributed by atoms with Gasteiger partial charge in [-0.15, -0.1) is 0 Å². The molecule has 14 heavy (non-hydrogen) atoms. The van der Waals surface area contributed by atoms with Crippen molar-refractivity contribution in [1.82, 2.24) is 5.32 Å². The molecule has 1 N–H and O–H groups in total. The lowest BCUT2D eigenvalue weighted by atomic mass is 10.2. The van der Waals surface area contributed by atoms with Gasteiger partial charge in [0.05, 0.1) is 6.54 Å². The number of nitrogens with zero attached hydrogens (tertiary/aromatic N) is 1. The van der Waals surface area contributed by atoms with Crippen molar-refractivity contribution >= 4 is 5.91 Å². The van der Waals surface area contributed by atoms with Gasteiger partial charge < -0.3 is 4.74 Å². The van der Waals surface area contributed by atoms with Crippen LogP contribution in [0.5, 0.6) is 0 Å². The van der Waals surface area contributed by atoms with Crippen molar-refractivity contribution < 1.29 is 14.0 Å². The van der Waals surface area contributed by atoms with Gasteiger partial charge in [-0.1, -0.05) is 0 Å². The second-order valence-electron chi connectivity index (χ2n) is 4.31. The van der Waals surface area contributed by atoms with Crippen LogP contribution in [0.1, 0.15) is 25.7 Å². The van der Waals surface area contributed by atoms with Crippen molar-refractivity contribution in [1.29, 1.82) is 0 Å². The molecule has 2 aliphatic heterocycles. The first-order chi connectivity index (χ1) is 6.79. The minimum absolute atomic E-state index is 0.310. The largest absolute Gasteiger partial charge is 0.370 e. The van der Waals surface area contributed by atoms with E-state index in [4.69, 9.17) is 4.74 Å². The molecule has 0 aliphatic carbocycles. The molecule has 0 aromatic rings. The van der Waals surface area contributed by atoms with Crippen molar-refractivity contribution in [2.45, 2.75) is 31.8 Å². The zero-order valence-corrected chi connectivity index (χ0v) is 8.79. The lowest BCUT2D eigenvalue weighted by molar-refractivity contribution is -0.792. The molecule has 0 aromatic heterocycles. The number of amides is 1. The van der Waals surface area contributed by atoms with Gasteiger partial charge in [-0.2, -0.15) is 0 Å². The molecule has 1 amide bonds. The van der Waals surface area contributed by atoms with E-state index in [0.29, 0.717) is 23.3 Å². The number of rotatable bonds is 3. The lowest BCUT2D eigenvalue weighted by Crippen LogP contribution is -2.49. The fraction of sp³-hybridized carbons (Fsp3) is 0.900. The van der Waals surface area contributed by atoms with Crippen molar-refractivity contribution in [3.8, 4) is 0 Å². The summed E-state index contributed by atoms with van der Waals surface area (Å²) < 4.78 is 5.69. The predicted molar refractivity (Wildman–Crippen MR) is 52.3 cm³/mol. The second-order valence-corrected chi connectivity index (χ2v) is 4.31. The zero-order chi connectivity index (χ0) is 10.0. The summed E-state index contributed by atoms with van der Waals surface area (Å²) in [6, 6.07) is 0. The third-order valence-corrected chi connectivity index (χ3v) is 3.41. The summed E-state index contributed by atoms with van der Waals surface area (Å²) in [7, 11) is 1.68. The Bertz CT molecular complexity index is 232. The van der Waals surface area contributed by atoms with Gasteiger partial charge in [0.2, 0.25) is 6.54 Å². The summed E-state index contributed by atoms with van der Waals surface area (Å²) in [5, 5.41) is 3.32. The fourth-order valence-electron chi connectivity index (χ4n) is 2.46. The van der Waals surface area contributed by atoms with Crippen LogP contribution in [-0.4, -0.2) is 43.5 Å². The monoisotopic (exact) mass is 199 g/mol. The van der Waals surface area contributed by atoms with Crippen molar-refractivity contribution in [2.24, 2.45) is 0 Å². The third-order valence-electron chi connectivity index (χ3n) is 3.41. The Morgan fingerprint density at radius 3 is 2.93 bits per heavy atom. The molecule has 2 fully saturated rings. The molecule has 0 aromatic carbocycles. The summed E-state index contributed by atoms with van der Waals surface area (Å²) in [6.07, 6.45) is 5.10. The molecule has 4 nitrogen and oxygen atoms in total. The molecule has 2 atom stereocenters. The quantitative estimate of drug-likeness (QED) is 0.407. The van der Waals surface area contributed by atoms with Gasteiger partial charge in [0.1, 0.15) is 6.73 Å². The highest BCUT2D eigenvalue weighted by Crippen LogP contribution is 2.33. The van der Waals surface area contributed by atoms with Crippen LogP contribution in [0.25, 0.3) is 0 Å². The summed E-state index contributed by atoms with van der Waals surface area (Å²) >= 11 is 0. The number of nitrogens with one attached hydrogen (secondary N) is 1. The van der Waals surface area contributed by atoms with E-state index < -0.39 is 0 Å². The number of quaternary nitrogens is 1. The lowest BCUT2D eigenvalue weighted by Gasteiger charge is -2.24. The van der Waals surface area contributed by atoms with E-state index >= 15 is 0 Å². The summed E-state index contributed by atoms with van der Waals surface area (Å²) in [4.78, 5) is 11.5. The number of methoxy groups -OCH3 is 1. The van der Waals surface area contributed by atoms with E-state index in [1.807, 2.05) is 0 Å². The van der Waals surface area contributed by atoms with Crippen LogP contribution in [0, 0.1) is 0 Å². The minimum Gasteiger partial charge on any atom is -0.369 e. The summed E-state index contributed by atoms with van der Waals surface area (Å²) in [5.74, 6) is 0.403. The Labute approximate surface area is 84.8 Å². The van der Waals surface area contributed by atoms with Crippen molar-refractivity contribution in [3.05, 3.63) is 0 Å². The molecule has 0 saturated carbocycles. The standard InChI is InChI=1S/C10H19N2O2/c1-14-8-11-9-5-3-2-4-6-12(9)7-10(12)13/h9,11H,2-8H2,1H3/q+1. The molecule has 2 unspecified atom stereocenters. The number of hydrogen-bond donors (Lipinski definition) is 1. The first-order valence-electron chi connectivity index (χ1n) is 5.42. The first-order valence-corrected chi connectivity index (χ1v) is 5.42. The topological polar surface area (TPSA) is 38.3 Å². The molecule has 2 heterocycles. The van der Waals surface area contributed by atoms with E-state index in [9.17, 15) is 4.79 Å². The number of carbonyl (C=O) groups excluding carboxylic acids is 1. The van der Waals surface area contributed by atoms with Gasteiger partial charge in [0.25, 0.3) is 0 Å². The van der Waals surface area contributed by atoms with Crippen molar-refractivity contribution in [3.63, 3.8) is 0 Å². The Morgan fingerprint density at radius 1 is 1.50 bits per heavy atom. The molecule has 2 aliphatic rings. The van der Waals surface area contributed by atoms with Crippen LogP contribution in [0.2, 0.25) is 0 Å². The fourth-order valence-corrected chi connectivity index (χ4v) is 2.46. The average Bonchev–Trinajstić information content (AvgIpc) is 2.87. The highest BCUT2D eigenvalue weighted by molar-refractivity contribution is 5.82. The first kappa shape index (κ1) is 10.1. The van der Waals surface area contributed by atoms with E-state index in [0.717, 1.165) is 19.5 Å². The highest BCUT2D eigenvalue weighted by atomic mass is 16.5. The van der Waals surface area contributed by atoms with Crippen LogP contribution in [0.15, 0.2) is 0 Å². The van der Waals surface area contributed by atoms with Crippen LogP contribution in [0.4, 0.5) is 0 Å². The molecule has 1 spiro atoms.